The number of benzene rings is 2. The molecular formula is C25H30N4OS. The van der Waals surface area contributed by atoms with E-state index in [0.717, 1.165) is 28.1 Å². The molecule has 0 unspecified atom stereocenters. The topological polar surface area (TPSA) is 80.0 Å². The number of carbonyl (C=O) groups is 1. The maximum atomic E-state index is 12.5. The summed E-state index contributed by atoms with van der Waals surface area (Å²) in [7, 11) is 0. The number of carbonyl (C=O) groups excluding carboxylic acids is 1. The highest BCUT2D eigenvalue weighted by Crippen LogP contribution is 2.22. The van der Waals surface area contributed by atoms with Crippen LogP contribution in [0.2, 0.25) is 0 Å². The van der Waals surface area contributed by atoms with Crippen LogP contribution in [0.15, 0.2) is 72.4 Å². The second-order valence-electron chi connectivity index (χ2n) is 6.66. The van der Waals surface area contributed by atoms with Gasteiger partial charge in [-0.05, 0) is 61.2 Å². The molecule has 0 fully saturated rings. The summed E-state index contributed by atoms with van der Waals surface area (Å²) in [6.07, 6.45) is 3.46. The molecule has 0 saturated heterocycles. The number of aryl methyl sites for hydroxylation is 2. The Hall–Kier alpha value is -3.25. The zero-order valence-electron chi connectivity index (χ0n) is 18.5. The number of hydrogen-bond acceptors (Lipinski definition) is 5. The lowest BCUT2D eigenvalue weighted by molar-refractivity contribution is 0.102. The van der Waals surface area contributed by atoms with Crippen molar-refractivity contribution in [2.75, 3.05) is 16.5 Å². The van der Waals surface area contributed by atoms with Crippen molar-refractivity contribution in [3.05, 3.63) is 94.7 Å². The first-order valence-electron chi connectivity index (χ1n) is 10.2. The van der Waals surface area contributed by atoms with E-state index in [2.05, 4.69) is 15.6 Å². The van der Waals surface area contributed by atoms with E-state index in [1.807, 2.05) is 87.7 Å². The Morgan fingerprint density at radius 2 is 1.84 bits per heavy atom. The molecule has 6 heteroatoms. The van der Waals surface area contributed by atoms with Crippen molar-refractivity contribution in [3.63, 3.8) is 0 Å². The minimum Gasteiger partial charge on any atom is -0.398 e. The molecular weight excluding hydrogens is 404 g/mol. The summed E-state index contributed by atoms with van der Waals surface area (Å²) in [5, 5.41) is 8.24. The fourth-order valence-corrected chi connectivity index (χ4v) is 3.37. The minimum absolute atomic E-state index is 0.120. The molecule has 162 valence electrons. The van der Waals surface area contributed by atoms with E-state index in [-0.39, 0.29) is 5.91 Å². The molecule has 4 N–H and O–H groups in total. The lowest BCUT2D eigenvalue weighted by Gasteiger charge is -2.12. The summed E-state index contributed by atoms with van der Waals surface area (Å²) in [6, 6.07) is 17.2. The van der Waals surface area contributed by atoms with E-state index in [9.17, 15) is 4.79 Å². The van der Waals surface area contributed by atoms with Gasteiger partial charge < -0.3 is 16.4 Å². The molecule has 1 amide bonds. The molecule has 3 rings (SSSR count). The van der Waals surface area contributed by atoms with Crippen LogP contribution in [0.4, 0.5) is 11.4 Å². The van der Waals surface area contributed by atoms with Crippen LogP contribution in [0.3, 0.4) is 0 Å². The van der Waals surface area contributed by atoms with Gasteiger partial charge in [0.1, 0.15) is 0 Å². The van der Waals surface area contributed by atoms with Crippen molar-refractivity contribution in [2.45, 2.75) is 27.7 Å². The number of aromatic nitrogens is 1. The summed E-state index contributed by atoms with van der Waals surface area (Å²) in [6.45, 7) is 8.00. The van der Waals surface area contributed by atoms with Gasteiger partial charge in [0, 0.05) is 40.6 Å². The molecule has 0 saturated carbocycles. The van der Waals surface area contributed by atoms with Gasteiger partial charge in [-0.25, -0.2) is 0 Å². The summed E-state index contributed by atoms with van der Waals surface area (Å²) in [5.41, 5.74) is 12.2. The Morgan fingerprint density at radius 3 is 2.55 bits per heavy atom. The third kappa shape index (κ3) is 7.50. The molecule has 1 heterocycles. The van der Waals surface area contributed by atoms with E-state index in [4.69, 9.17) is 5.73 Å². The van der Waals surface area contributed by atoms with Crippen molar-refractivity contribution in [1.29, 1.82) is 0 Å². The first-order valence-corrected chi connectivity index (χ1v) is 11.3. The van der Waals surface area contributed by atoms with Gasteiger partial charge in [0.15, 0.2) is 0 Å². The van der Waals surface area contributed by atoms with Crippen molar-refractivity contribution in [1.82, 2.24) is 4.98 Å². The Morgan fingerprint density at radius 1 is 1.06 bits per heavy atom. The summed E-state index contributed by atoms with van der Waals surface area (Å²) < 4.78 is 0. The first kappa shape index (κ1) is 24.0. The van der Waals surface area contributed by atoms with Gasteiger partial charge in [-0.2, -0.15) is 0 Å². The molecule has 5 nitrogen and oxygen atoms in total. The van der Waals surface area contributed by atoms with Gasteiger partial charge in [0.2, 0.25) is 0 Å². The van der Waals surface area contributed by atoms with Crippen molar-refractivity contribution < 1.29 is 4.79 Å². The Bertz CT molecular complexity index is 1020. The average molecular weight is 435 g/mol. The monoisotopic (exact) mass is 434 g/mol. The quantitative estimate of drug-likeness (QED) is 0.312. The van der Waals surface area contributed by atoms with Crippen LogP contribution in [0.25, 0.3) is 5.70 Å². The normalized spacial score (nSPS) is 10.6. The standard InChI is InChI=1S/C23H24N4OS.C2H6/c1-16-5-3-6-18(11-16)23(28)27-20-9-8-17(2)22(12-20)26-15-29-14-21(24)19-7-4-10-25-13-19;1-2/h3-14,26H,15,24H2,1-2H3,(H,27,28);1-2H3/b21-14-;. The number of nitrogens with one attached hydrogen (secondary N) is 2. The molecule has 0 radical (unpaired) electrons. The fourth-order valence-electron chi connectivity index (χ4n) is 2.73. The predicted octanol–water partition coefficient (Wildman–Crippen LogP) is 6.04. The van der Waals surface area contributed by atoms with Crippen LogP contribution in [-0.4, -0.2) is 16.8 Å². The highest BCUT2D eigenvalue weighted by atomic mass is 32.2. The third-order valence-corrected chi connectivity index (χ3v) is 5.06. The zero-order valence-corrected chi connectivity index (χ0v) is 19.3. The minimum atomic E-state index is -0.120. The number of hydrogen-bond donors (Lipinski definition) is 3. The maximum Gasteiger partial charge on any atom is 0.255 e. The van der Waals surface area contributed by atoms with Gasteiger partial charge in [0.25, 0.3) is 5.91 Å². The molecule has 0 aliphatic heterocycles. The number of pyridine rings is 1. The Labute approximate surface area is 189 Å². The van der Waals surface area contributed by atoms with Gasteiger partial charge in [-0.15, -0.1) is 11.8 Å². The molecule has 0 bridgehead atoms. The fraction of sp³-hybridized carbons (Fsp3) is 0.200. The van der Waals surface area contributed by atoms with E-state index < -0.39 is 0 Å². The highest BCUT2D eigenvalue weighted by molar-refractivity contribution is 8.02. The van der Waals surface area contributed by atoms with Crippen LogP contribution < -0.4 is 16.4 Å². The smallest absolute Gasteiger partial charge is 0.255 e. The molecule has 0 aliphatic rings. The van der Waals surface area contributed by atoms with Gasteiger partial charge in [-0.3, -0.25) is 9.78 Å². The van der Waals surface area contributed by atoms with Crippen molar-refractivity contribution in [2.24, 2.45) is 5.73 Å². The summed E-state index contributed by atoms with van der Waals surface area (Å²) >= 11 is 1.56. The maximum absolute atomic E-state index is 12.5. The van der Waals surface area contributed by atoms with Gasteiger partial charge in [0.05, 0.1) is 5.88 Å². The molecule has 31 heavy (non-hydrogen) atoms. The highest BCUT2D eigenvalue weighted by Gasteiger charge is 2.07. The predicted molar refractivity (Wildman–Crippen MR) is 134 cm³/mol. The van der Waals surface area contributed by atoms with E-state index in [1.54, 1.807) is 24.2 Å². The van der Waals surface area contributed by atoms with Crippen molar-refractivity contribution in [3.8, 4) is 0 Å². The number of amides is 1. The van der Waals surface area contributed by atoms with Crippen LogP contribution in [0.1, 0.15) is 40.9 Å². The molecule has 3 aromatic rings. The summed E-state index contributed by atoms with van der Waals surface area (Å²) in [5.74, 6) is 0.530. The largest absolute Gasteiger partial charge is 0.398 e. The Balaban J connectivity index is 0.00000166. The second kappa shape index (κ2) is 12.4. The summed E-state index contributed by atoms with van der Waals surface area (Å²) in [4.78, 5) is 16.5. The first-order chi connectivity index (χ1) is 15.0. The van der Waals surface area contributed by atoms with Crippen LogP contribution in [-0.2, 0) is 0 Å². The SMILES string of the molecule is CC.Cc1cccc(C(=O)Nc2ccc(C)c(NCS/C=C(\N)c3cccnc3)c2)c1. The third-order valence-electron chi connectivity index (χ3n) is 4.33. The number of anilines is 2. The number of rotatable bonds is 7. The average Bonchev–Trinajstić information content (AvgIpc) is 2.80. The molecule has 0 aliphatic carbocycles. The van der Waals surface area contributed by atoms with Crippen LogP contribution in [0.5, 0.6) is 0 Å². The Kier molecular flexibility index (Phi) is 9.65. The number of thioether (sulfide) groups is 1. The second-order valence-corrected chi connectivity index (χ2v) is 7.51. The van der Waals surface area contributed by atoms with E-state index >= 15 is 0 Å². The van der Waals surface area contributed by atoms with E-state index in [0.29, 0.717) is 17.1 Å². The number of nitrogens with zero attached hydrogens (tertiary/aromatic N) is 1. The lowest BCUT2D eigenvalue weighted by Crippen LogP contribution is -2.12. The molecule has 2 aromatic carbocycles. The van der Waals surface area contributed by atoms with Crippen LogP contribution in [0, 0.1) is 13.8 Å². The van der Waals surface area contributed by atoms with Crippen molar-refractivity contribution >= 4 is 34.7 Å². The molecule has 0 spiro atoms. The molecule has 1 aromatic heterocycles. The van der Waals surface area contributed by atoms with Gasteiger partial charge in [-0.1, -0.05) is 37.6 Å². The molecule has 0 atom stereocenters. The number of nitrogens with two attached hydrogens (primary N) is 1. The van der Waals surface area contributed by atoms with E-state index in [1.165, 1.54) is 0 Å². The lowest BCUT2D eigenvalue weighted by atomic mass is 10.1. The zero-order chi connectivity index (χ0) is 22.6. The van der Waals surface area contributed by atoms with Gasteiger partial charge >= 0.3 is 0 Å². The van der Waals surface area contributed by atoms with Crippen LogP contribution >= 0.6 is 11.8 Å².